The number of rotatable bonds is 3. The van der Waals surface area contributed by atoms with Crippen molar-refractivity contribution in [2.45, 2.75) is 18.8 Å². The smallest absolute Gasteiger partial charge is 0.321 e. The monoisotopic (exact) mass is 418 g/mol. The van der Waals surface area contributed by atoms with Gasteiger partial charge < -0.3 is 14.7 Å². The molecule has 1 aromatic heterocycles. The van der Waals surface area contributed by atoms with Crippen LogP contribution in [-0.2, 0) is 0 Å². The molecule has 1 aliphatic heterocycles. The second-order valence-electron chi connectivity index (χ2n) is 6.81. The summed E-state index contributed by atoms with van der Waals surface area (Å²) in [5.74, 6) is -1.16. The quantitative estimate of drug-likeness (QED) is 0.643. The summed E-state index contributed by atoms with van der Waals surface area (Å²) in [5.41, 5.74) is 0.979. The van der Waals surface area contributed by atoms with Crippen LogP contribution in [0.5, 0.6) is 0 Å². The fourth-order valence-electron chi connectivity index (χ4n) is 3.26. The predicted molar refractivity (Wildman–Crippen MR) is 104 cm³/mol. The van der Waals surface area contributed by atoms with Crippen molar-refractivity contribution in [3.63, 3.8) is 0 Å². The highest BCUT2D eigenvalue weighted by Crippen LogP contribution is 2.28. The maximum atomic E-state index is 13.3. The van der Waals surface area contributed by atoms with E-state index < -0.39 is 17.7 Å². The number of urea groups is 1. The van der Waals surface area contributed by atoms with Gasteiger partial charge in [-0.3, -0.25) is 0 Å². The number of piperidine rings is 1. The topological polar surface area (TPSA) is 71.3 Å². The van der Waals surface area contributed by atoms with Crippen molar-refractivity contribution in [2.24, 2.45) is 0 Å². The van der Waals surface area contributed by atoms with Gasteiger partial charge in [0.05, 0.1) is 5.92 Å². The number of halogens is 3. The van der Waals surface area contributed by atoms with Crippen LogP contribution in [-0.4, -0.2) is 34.2 Å². The zero-order chi connectivity index (χ0) is 20.4. The Morgan fingerprint density at radius 3 is 2.72 bits per heavy atom. The minimum absolute atomic E-state index is 0.104. The van der Waals surface area contributed by atoms with Crippen molar-refractivity contribution in [2.75, 3.05) is 18.4 Å². The summed E-state index contributed by atoms with van der Waals surface area (Å²) in [6, 6.07) is 9.95. The van der Waals surface area contributed by atoms with Crippen molar-refractivity contribution < 1.29 is 18.1 Å². The molecule has 2 aromatic carbocycles. The van der Waals surface area contributed by atoms with Gasteiger partial charge in [0, 0.05) is 35.4 Å². The molecular weight excluding hydrogens is 402 g/mol. The molecule has 3 aromatic rings. The molecule has 2 heterocycles. The van der Waals surface area contributed by atoms with Gasteiger partial charge in [0.25, 0.3) is 0 Å². The highest BCUT2D eigenvalue weighted by molar-refractivity contribution is 6.30. The molecule has 1 fully saturated rings. The minimum Gasteiger partial charge on any atom is -0.339 e. The lowest BCUT2D eigenvalue weighted by Gasteiger charge is -2.31. The molecule has 0 aliphatic carbocycles. The lowest BCUT2D eigenvalue weighted by molar-refractivity contribution is 0.184. The molecule has 6 nitrogen and oxygen atoms in total. The van der Waals surface area contributed by atoms with Crippen LogP contribution in [0.1, 0.15) is 24.7 Å². The molecule has 1 N–H and O–H groups in total. The number of carbonyl (C=O) groups is 1. The zero-order valence-corrected chi connectivity index (χ0v) is 16.0. The Balaban J connectivity index is 1.43. The highest BCUT2D eigenvalue weighted by Gasteiger charge is 2.29. The molecule has 29 heavy (non-hydrogen) atoms. The third kappa shape index (κ3) is 4.37. The Morgan fingerprint density at radius 1 is 1.17 bits per heavy atom. The summed E-state index contributed by atoms with van der Waals surface area (Å²) < 4.78 is 31.8. The van der Waals surface area contributed by atoms with Gasteiger partial charge in [0.1, 0.15) is 0 Å². The number of likely N-dealkylation sites (tertiary alicyclic amines) is 1. The fraction of sp³-hybridized carbons (Fsp3) is 0.250. The first-order valence-electron chi connectivity index (χ1n) is 9.10. The molecule has 2 amide bonds. The van der Waals surface area contributed by atoms with Crippen LogP contribution in [0.25, 0.3) is 11.4 Å². The standard InChI is InChI=1S/C20H17ClF2N4O2/c21-14-5-3-12(4-6-14)18-25-19(29-26-18)13-2-1-9-27(11-13)20(28)24-15-7-8-16(22)17(23)10-15/h3-8,10,13H,1-2,9,11H2,(H,24,28). The summed E-state index contributed by atoms with van der Waals surface area (Å²) in [6.07, 6.45) is 1.56. The summed E-state index contributed by atoms with van der Waals surface area (Å²) >= 11 is 5.90. The third-order valence-corrected chi connectivity index (χ3v) is 5.02. The Hall–Kier alpha value is -3.00. The third-order valence-electron chi connectivity index (χ3n) is 4.77. The maximum Gasteiger partial charge on any atom is 0.321 e. The van der Waals surface area contributed by atoms with Crippen molar-refractivity contribution in [1.29, 1.82) is 0 Å². The zero-order valence-electron chi connectivity index (χ0n) is 15.2. The van der Waals surface area contributed by atoms with E-state index in [9.17, 15) is 13.6 Å². The van der Waals surface area contributed by atoms with E-state index in [-0.39, 0.29) is 11.6 Å². The van der Waals surface area contributed by atoms with E-state index in [4.69, 9.17) is 16.1 Å². The summed E-state index contributed by atoms with van der Waals surface area (Å²) in [7, 11) is 0. The first kappa shape index (κ1) is 19.3. The van der Waals surface area contributed by atoms with Gasteiger partial charge in [-0.25, -0.2) is 13.6 Å². The summed E-state index contributed by atoms with van der Waals surface area (Å²) in [5, 5.41) is 7.23. The van der Waals surface area contributed by atoms with Crippen LogP contribution >= 0.6 is 11.6 Å². The minimum atomic E-state index is -1.01. The molecule has 150 valence electrons. The number of anilines is 1. The van der Waals surface area contributed by atoms with Crippen molar-refractivity contribution >= 4 is 23.3 Å². The number of nitrogens with zero attached hydrogens (tertiary/aromatic N) is 3. The van der Waals surface area contributed by atoms with Crippen LogP contribution in [0.2, 0.25) is 5.02 Å². The molecule has 1 aliphatic rings. The van der Waals surface area contributed by atoms with Gasteiger partial charge in [-0.1, -0.05) is 16.8 Å². The Morgan fingerprint density at radius 2 is 1.97 bits per heavy atom. The molecule has 1 atom stereocenters. The van der Waals surface area contributed by atoms with E-state index in [0.717, 1.165) is 30.5 Å². The maximum absolute atomic E-state index is 13.3. The number of benzene rings is 2. The SMILES string of the molecule is O=C(Nc1ccc(F)c(F)c1)N1CCCC(c2nc(-c3ccc(Cl)cc3)no2)C1. The molecule has 1 unspecified atom stereocenters. The van der Waals surface area contributed by atoms with E-state index in [1.165, 1.54) is 6.07 Å². The molecule has 0 radical (unpaired) electrons. The van der Waals surface area contributed by atoms with Crippen LogP contribution in [0.15, 0.2) is 47.0 Å². The second-order valence-corrected chi connectivity index (χ2v) is 7.24. The van der Waals surface area contributed by atoms with E-state index in [1.807, 2.05) is 0 Å². The molecule has 9 heteroatoms. The Labute approximate surface area is 170 Å². The molecule has 1 saturated heterocycles. The first-order chi connectivity index (χ1) is 14.0. The number of nitrogens with one attached hydrogen (secondary N) is 1. The number of amides is 2. The van der Waals surface area contributed by atoms with E-state index >= 15 is 0 Å². The number of aromatic nitrogens is 2. The average Bonchev–Trinajstić information content (AvgIpc) is 3.22. The van der Waals surface area contributed by atoms with Gasteiger partial charge >= 0.3 is 6.03 Å². The van der Waals surface area contributed by atoms with Gasteiger partial charge in [-0.15, -0.1) is 0 Å². The van der Waals surface area contributed by atoms with Crippen LogP contribution in [0.4, 0.5) is 19.3 Å². The lowest BCUT2D eigenvalue weighted by Crippen LogP contribution is -2.41. The van der Waals surface area contributed by atoms with Crippen molar-refractivity contribution in [3.05, 3.63) is 65.0 Å². The molecule has 0 spiro atoms. The lowest BCUT2D eigenvalue weighted by atomic mass is 9.98. The Bertz CT molecular complexity index is 1030. The number of hydrogen-bond acceptors (Lipinski definition) is 4. The van der Waals surface area contributed by atoms with Gasteiger partial charge in [0.2, 0.25) is 11.7 Å². The highest BCUT2D eigenvalue weighted by atomic mass is 35.5. The molecule has 4 rings (SSSR count). The summed E-state index contributed by atoms with van der Waals surface area (Å²) in [6.45, 7) is 0.932. The fourth-order valence-corrected chi connectivity index (χ4v) is 3.38. The van der Waals surface area contributed by atoms with E-state index in [1.54, 1.807) is 29.2 Å². The first-order valence-corrected chi connectivity index (χ1v) is 9.48. The van der Waals surface area contributed by atoms with Crippen LogP contribution in [0, 0.1) is 11.6 Å². The van der Waals surface area contributed by atoms with E-state index in [0.29, 0.717) is 29.8 Å². The van der Waals surface area contributed by atoms with Crippen LogP contribution < -0.4 is 5.32 Å². The molecule has 0 saturated carbocycles. The molecule has 0 bridgehead atoms. The largest absolute Gasteiger partial charge is 0.339 e. The van der Waals surface area contributed by atoms with Crippen molar-refractivity contribution in [1.82, 2.24) is 15.0 Å². The second kappa shape index (κ2) is 8.16. The van der Waals surface area contributed by atoms with Gasteiger partial charge in [0.15, 0.2) is 11.6 Å². The molecular formula is C20H17ClF2N4O2. The van der Waals surface area contributed by atoms with Crippen molar-refractivity contribution in [3.8, 4) is 11.4 Å². The predicted octanol–water partition coefficient (Wildman–Crippen LogP) is 5.08. The van der Waals surface area contributed by atoms with Gasteiger partial charge in [-0.2, -0.15) is 4.98 Å². The van der Waals surface area contributed by atoms with E-state index in [2.05, 4.69) is 15.5 Å². The number of hydrogen-bond donors (Lipinski definition) is 1. The van der Waals surface area contributed by atoms with Gasteiger partial charge in [-0.05, 0) is 49.2 Å². The normalized spacial score (nSPS) is 16.7. The average molecular weight is 419 g/mol. The Kier molecular flexibility index (Phi) is 5.44. The summed E-state index contributed by atoms with van der Waals surface area (Å²) in [4.78, 5) is 18.6. The number of carbonyl (C=O) groups excluding carboxylic acids is 1. The van der Waals surface area contributed by atoms with Crippen LogP contribution in [0.3, 0.4) is 0 Å².